The lowest BCUT2D eigenvalue weighted by atomic mass is 9.94. The van der Waals surface area contributed by atoms with Crippen molar-refractivity contribution in [2.45, 2.75) is 0 Å². The van der Waals surface area contributed by atoms with Crippen molar-refractivity contribution in [1.82, 2.24) is 0 Å². The standard InChI is InChI=1S/C19H14ClNO2S/c20-18-15(12-8-4-5-9-14(12)22)16-17(23)13(10-21-19(16)24-18)11-6-2-1-3-7-11/h1-9,21-23H,10H2. The summed E-state index contributed by atoms with van der Waals surface area (Å²) in [6.45, 7) is 0.528. The van der Waals surface area contributed by atoms with E-state index >= 15 is 0 Å². The number of aromatic hydroxyl groups is 1. The van der Waals surface area contributed by atoms with Crippen molar-refractivity contribution < 1.29 is 10.2 Å². The molecular formula is C19H14ClNO2S. The van der Waals surface area contributed by atoms with Crippen LogP contribution in [0.4, 0.5) is 5.00 Å². The number of halogens is 1. The molecule has 24 heavy (non-hydrogen) atoms. The van der Waals surface area contributed by atoms with Crippen LogP contribution in [0.15, 0.2) is 54.6 Å². The summed E-state index contributed by atoms with van der Waals surface area (Å²) in [7, 11) is 0. The number of aliphatic hydroxyl groups is 1. The van der Waals surface area contributed by atoms with E-state index in [2.05, 4.69) is 5.32 Å². The van der Waals surface area contributed by atoms with Crippen molar-refractivity contribution in [1.29, 1.82) is 0 Å². The van der Waals surface area contributed by atoms with Crippen LogP contribution < -0.4 is 5.32 Å². The summed E-state index contributed by atoms with van der Waals surface area (Å²) in [5.41, 5.74) is 3.69. The molecule has 0 fully saturated rings. The molecule has 1 aliphatic heterocycles. The number of rotatable bonds is 2. The summed E-state index contributed by atoms with van der Waals surface area (Å²) in [6.07, 6.45) is 0. The molecule has 3 N–H and O–H groups in total. The van der Waals surface area contributed by atoms with Crippen LogP contribution >= 0.6 is 22.9 Å². The highest BCUT2D eigenvalue weighted by molar-refractivity contribution is 7.21. The lowest BCUT2D eigenvalue weighted by molar-refractivity contribution is 0.477. The summed E-state index contributed by atoms with van der Waals surface area (Å²) in [4.78, 5) is 0. The molecule has 0 atom stereocenters. The van der Waals surface area contributed by atoms with Crippen LogP contribution in [-0.2, 0) is 0 Å². The second-order valence-electron chi connectivity index (χ2n) is 5.52. The highest BCUT2D eigenvalue weighted by Gasteiger charge is 2.28. The Labute approximate surface area is 148 Å². The van der Waals surface area contributed by atoms with Crippen molar-refractivity contribution in [2.75, 3.05) is 11.9 Å². The highest BCUT2D eigenvalue weighted by Crippen LogP contribution is 2.51. The molecule has 0 radical (unpaired) electrons. The number of phenols is 1. The summed E-state index contributed by atoms with van der Waals surface area (Å²) in [6, 6.07) is 16.8. The molecule has 0 unspecified atom stereocenters. The third-order valence-electron chi connectivity index (χ3n) is 4.11. The van der Waals surface area contributed by atoms with Crippen LogP contribution in [0.2, 0.25) is 4.34 Å². The second kappa shape index (κ2) is 5.89. The summed E-state index contributed by atoms with van der Waals surface area (Å²) in [5, 5.41) is 25.3. The van der Waals surface area contributed by atoms with Gasteiger partial charge in [0, 0.05) is 23.2 Å². The third-order valence-corrected chi connectivity index (χ3v) is 5.47. The maximum atomic E-state index is 10.9. The maximum absolute atomic E-state index is 10.9. The maximum Gasteiger partial charge on any atom is 0.132 e. The molecule has 1 aromatic heterocycles. The number of hydrogen-bond donors (Lipinski definition) is 3. The first-order chi connectivity index (χ1) is 11.7. The number of phenolic OH excluding ortho intramolecular Hbond substituents is 1. The van der Waals surface area contributed by atoms with E-state index in [1.165, 1.54) is 11.3 Å². The van der Waals surface area contributed by atoms with E-state index in [4.69, 9.17) is 11.6 Å². The smallest absolute Gasteiger partial charge is 0.132 e. The Morgan fingerprint density at radius 1 is 0.917 bits per heavy atom. The van der Waals surface area contributed by atoms with Gasteiger partial charge in [0.05, 0.1) is 5.56 Å². The lowest BCUT2D eigenvalue weighted by Crippen LogP contribution is -2.12. The molecule has 0 spiro atoms. The van der Waals surface area contributed by atoms with Crippen LogP contribution in [0.1, 0.15) is 11.1 Å². The Morgan fingerprint density at radius 2 is 1.62 bits per heavy atom. The number of thiophene rings is 1. The monoisotopic (exact) mass is 355 g/mol. The first-order valence-corrected chi connectivity index (χ1v) is 8.68. The largest absolute Gasteiger partial charge is 0.507 e. The van der Waals surface area contributed by atoms with Gasteiger partial charge in [-0.2, -0.15) is 0 Å². The average molecular weight is 356 g/mol. The van der Waals surface area contributed by atoms with Crippen LogP contribution in [0.25, 0.3) is 22.5 Å². The minimum absolute atomic E-state index is 0.139. The molecule has 3 aromatic rings. The van der Waals surface area contributed by atoms with E-state index in [0.717, 1.165) is 16.1 Å². The summed E-state index contributed by atoms with van der Waals surface area (Å²) >= 11 is 7.81. The number of fused-ring (bicyclic) bond motifs is 1. The van der Waals surface area contributed by atoms with Gasteiger partial charge < -0.3 is 15.5 Å². The Bertz CT molecular complexity index is 947. The topological polar surface area (TPSA) is 52.5 Å². The van der Waals surface area contributed by atoms with Gasteiger partial charge in [0.2, 0.25) is 0 Å². The van der Waals surface area contributed by atoms with Crippen LogP contribution in [-0.4, -0.2) is 16.8 Å². The fourth-order valence-corrected chi connectivity index (χ4v) is 4.33. The number of aliphatic hydroxyl groups excluding tert-OH is 1. The molecule has 5 heteroatoms. The first-order valence-electron chi connectivity index (χ1n) is 7.49. The number of para-hydroxylation sites is 1. The molecule has 2 aromatic carbocycles. The van der Waals surface area contributed by atoms with E-state index in [9.17, 15) is 10.2 Å². The molecule has 2 heterocycles. The van der Waals surface area contributed by atoms with Gasteiger partial charge in [-0.15, -0.1) is 11.3 Å². The third kappa shape index (κ3) is 2.35. The molecule has 0 saturated heterocycles. The Balaban J connectivity index is 1.96. The number of anilines is 1. The van der Waals surface area contributed by atoms with Crippen LogP contribution in [0, 0.1) is 0 Å². The molecule has 0 aliphatic carbocycles. The Morgan fingerprint density at radius 3 is 2.38 bits per heavy atom. The van der Waals surface area contributed by atoms with Crippen molar-refractivity contribution >= 4 is 39.3 Å². The van der Waals surface area contributed by atoms with Crippen LogP contribution in [0.5, 0.6) is 5.75 Å². The molecule has 1 aliphatic rings. The first kappa shape index (κ1) is 15.1. The summed E-state index contributed by atoms with van der Waals surface area (Å²) < 4.78 is 0.537. The number of benzene rings is 2. The molecule has 0 saturated carbocycles. The molecule has 3 nitrogen and oxygen atoms in total. The molecule has 0 bridgehead atoms. The van der Waals surface area contributed by atoms with E-state index in [1.54, 1.807) is 18.2 Å². The van der Waals surface area contributed by atoms with Gasteiger partial charge in [-0.05, 0) is 11.6 Å². The molecular weight excluding hydrogens is 342 g/mol. The van der Waals surface area contributed by atoms with Gasteiger partial charge in [-0.25, -0.2) is 0 Å². The quantitative estimate of drug-likeness (QED) is 0.558. The van der Waals surface area contributed by atoms with Gasteiger partial charge in [0.1, 0.15) is 20.8 Å². The van der Waals surface area contributed by atoms with E-state index in [0.29, 0.717) is 27.6 Å². The van der Waals surface area contributed by atoms with Gasteiger partial charge in [-0.3, -0.25) is 0 Å². The van der Waals surface area contributed by atoms with Crippen molar-refractivity contribution in [2.24, 2.45) is 0 Å². The second-order valence-corrected chi connectivity index (χ2v) is 7.14. The molecule has 120 valence electrons. The normalized spacial score (nSPS) is 13.5. The Hall–Kier alpha value is -2.43. The zero-order valence-corrected chi connectivity index (χ0v) is 14.2. The minimum atomic E-state index is 0.139. The fraction of sp³-hybridized carbons (Fsp3) is 0.0526. The molecule has 4 rings (SSSR count). The van der Waals surface area contributed by atoms with E-state index in [-0.39, 0.29) is 11.5 Å². The number of hydrogen-bond acceptors (Lipinski definition) is 4. The van der Waals surface area contributed by atoms with Crippen LogP contribution in [0.3, 0.4) is 0 Å². The SMILES string of the molecule is OC1=C(c2ccccc2)CNc2sc(Cl)c(-c3ccccc3O)c21. The van der Waals surface area contributed by atoms with Gasteiger partial charge >= 0.3 is 0 Å². The van der Waals surface area contributed by atoms with E-state index < -0.39 is 0 Å². The zero-order chi connectivity index (χ0) is 16.7. The van der Waals surface area contributed by atoms with Gasteiger partial charge in [0.15, 0.2) is 0 Å². The van der Waals surface area contributed by atoms with Crippen molar-refractivity contribution in [3.05, 3.63) is 70.1 Å². The lowest BCUT2D eigenvalue weighted by Gasteiger charge is -2.20. The molecule has 0 amide bonds. The average Bonchev–Trinajstić information content (AvgIpc) is 2.93. The zero-order valence-electron chi connectivity index (χ0n) is 12.6. The number of nitrogens with one attached hydrogen (secondary N) is 1. The predicted molar refractivity (Wildman–Crippen MR) is 101 cm³/mol. The highest BCUT2D eigenvalue weighted by atomic mass is 35.5. The van der Waals surface area contributed by atoms with Crippen molar-refractivity contribution in [3.63, 3.8) is 0 Å². The Kier molecular flexibility index (Phi) is 3.71. The summed E-state index contributed by atoms with van der Waals surface area (Å²) in [5.74, 6) is 0.344. The predicted octanol–water partition coefficient (Wildman–Crippen LogP) is 5.63. The van der Waals surface area contributed by atoms with Gasteiger partial charge in [-0.1, -0.05) is 60.1 Å². The van der Waals surface area contributed by atoms with Gasteiger partial charge in [0.25, 0.3) is 0 Å². The minimum Gasteiger partial charge on any atom is -0.507 e. The fourth-order valence-electron chi connectivity index (χ4n) is 2.96. The van der Waals surface area contributed by atoms with E-state index in [1.807, 2.05) is 36.4 Å². The van der Waals surface area contributed by atoms with Crippen molar-refractivity contribution in [3.8, 4) is 16.9 Å².